The molecule has 0 heterocycles. The van der Waals surface area contributed by atoms with Crippen molar-refractivity contribution >= 4 is 8.56 Å². The zero-order chi connectivity index (χ0) is 17.4. The second-order valence-corrected chi connectivity index (χ2v) is 11.2. The first-order chi connectivity index (χ1) is 10.1. The molecule has 0 aromatic rings. The zero-order valence-electron chi connectivity index (χ0n) is 16.4. The summed E-state index contributed by atoms with van der Waals surface area (Å²) >= 11 is 0. The van der Waals surface area contributed by atoms with Crippen molar-refractivity contribution in [2.24, 2.45) is 5.41 Å². The normalized spacial score (nSPS) is 13.6. The van der Waals surface area contributed by atoms with Crippen molar-refractivity contribution in [3.63, 3.8) is 0 Å². The van der Waals surface area contributed by atoms with Crippen molar-refractivity contribution in [3.05, 3.63) is 0 Å². The van der Waals surface area contributed by atoms with Crippen LogP contribution in [-0.2, 0) is 8.85 Å². The summed E-state index contributed by atoms with van der Waals surface area (Å²) in [5.74, 6) is 0. The highest BCUT2D eigenvalue weighted by molar-refractivity contribution is 6.67. The quantitative estimate of drug-likeness (QED) is 0.508. The highest BCUT2D eigenvalue weighted by atomic mass is 28.4. The molecule has 0 N–H and O–H groups in total. The van der Waals surface area contributed by atoms with E-state index in [1.165, 1.54) is 0 Å². The van der Waals surface area contributed by atoms with Crippen molar-refractivity contribution in [1.82, 2.24) is 14.7 Å². The lowest BCUT2D eigenvalue weighted by molar-refractivity contribution is 0.0965. The van der Waals surface area contributed by atoms with Crippen LogP contribution in [0.4, 0.5) is 0 Å². The summed E-state index contributed by atoms with van der Waals surface area (Å²) < 4.78 is 11.6. The Balaban J connectivity index is 5.25. The van der Waals surface area contributed by atoms with Crippen LogP contribution in [-0.4, -0.2) is 99.4 Å². The van der Waals surface area contributed by atoms with Gasteiger partial charge in [-0.3, -0.25) is 0 Å². The lowest BCUT2D eigenvalue weighted by Gasteiger charge is -2.42. The predicted octanol–water partition coefficient (Wildman–Crippen LogP) is 1.80. The molecule has 0 fully saturated rings. The van der Waals surface area contributed by atoms with E-state index in [4.69, 9.17) is 8.85 Å². The Morgan fingerprint density at radius 2 is 1.14 bits per heavy atom. The van der Waals surface area contributed by atoms with E-state index in [0.29, 0.717) is 0 Å². The number of hydrogen-bond donors (Lipinski definition) is 0. The van der Waals surface area contributed by atoms with Crippen LogP contribution >= 0.6 is 0 Å². The number of hydrogen-bond acceptors (Lipinski definition) is 5. The molecular weight excluding hydrogens is 294 g/mol. The van der Waals surface area contributed by atoms with Crippen molar-refractivity contribution < 1.29 is 8.85 Å². The number of rotatable bonds is 12. The van der Waals surface area contributed by atoms with E-state index in [1.54, 1.807) is 0 Å². The van der Waals surface area contributed by atoms with Gasteiger partial charge in [0.25, 0.3) is 0 Å². The van der Waals surface area contributed by atoms with Crippen LogP contribution in [0.5, 0.6) is 0 Å². The van der Waals surface area contributed by atoms with Gasteiger partial charge in [0.05, 0.1) is 0 Å². The summed E-state index contributed by atoms with van der Waals surface area (Å²) in [7, 11) is 14.6. The van der Waals surface area contributed by atoms with Gasteiger partial charge >= 0.3 is 8.56 Å². The third-order valence-corrected chi connectivity index (χ3v) is 7.85. The van der Waals surface area contributed by atoms with E-state index >= 15 is 0 Å². The summed E-state index contributed by atoms with van der Waals surface area (Å²) in [5, 5.41) is 0. The molecule has 6 heteroatoms. The molecule has 134 valence electrons. The molecule has 0 atom stereocenters. The summed E-state index contributed by atoms with van der Waals surface area (Å²) in [6, 6.07) is 2.05. The number of nitrogens with zero attached hydrogens (tertiary/aromatic N) is 3. The molecule has 22 heavy (non-hydrogen) atoms. The Labute approximate surface area is 139 Å². The van der Waals surface area contributed by atoms with Gasteiger partial charge in [-0.1, -0.05) is 6.92 Å². The van der Waals surface area contributed by atoms with Crippen molar-refractivity contribution in [1.29, 1.82) is 0 Å². The van der Waals surface area contributed by atoms with E-state index in [2.05, 4.69) is 63.9 Å². The predicted molar refractivity (Wildman–Crippen MR) is 97.8 cm³/mol. The Kier molecular flexibility index (Phi) is 10.0. The highest BCUT2D eigenvalue weighted by Gasteiger charge is 2.39. The summed E-state index contributed by atoms with van der Waals surface area (Å²) in [6.07, 6.45) is 1.13. The van der Waals surface area contributed by atoms with Gasteiger partial charge in [0.15, 0.2) is 0 Å². The molecule has 0 amide bonds. The van der Waals surface area contributed by atoms with E-state index < -0.39 is 8.56 Å². The van der Waals surface area contributed by atoms with Crippen LogP contribution in [0, 0.1) is 5.41 Å². The topological polar surface area (TPSA) is 28.2 Å². The molecule has 0 bridgehead atoms. The molecule has 0 rings (SSSR count). The first-order valence-electron chi connectivity index (χ1n) is 8.19. The minimum absolute atomic E-state index is 0.223. The maximum atomic E-state index is 5.82. The van der Waals surface area contributed by atoms with Crippen LogP contribution in [0.3, 0.4) is 0 Å². The minimum Gasteiger partial charge on any atom is -0.398 e. The maximum Gasteiger partial charge on any atom is 0.337 e. The van der Waals surface area contributed by atoms with E-state index in [1.807, 2.05) is 14.2 Å². The summed E-state index contributed by atoms with van der Waals surface area (Å²) in [5.41, 5.74) is 0.223. The van der Waals surface area contributed by atoms with Gasteiger partial charge in [-0.15, -0.1) is 0 Å². The molecule has 0 aliphatic heterocycles. The fourth-order valence-electron chi connectivity index (χ4n) is 3.61. The Hall–Kier alpha value is 0.0169. The Morgan fingerprint density at radius 3 is 1.36 bits per heavy atom. The first kappa shape index (κ1) is 22.0. The molecule has 0 spiro atoms. The standard InChI is InChI=1S/C16H39N3O2Si/c1-10-22(20-8,21-9)12-11-16(13-17(2)3,14-18(4)5)15-19(6)7/h10-15H2,1-9H3. The van der Waals surface area contributed by atoms with E-state index in [-0.39, 0.29) is 5.41 Å². The molecule has 5 nitrogen and oxygen atoms in total. The van der Waals surface area contributed by atoms with Gasteiger partial charge in [0, 0.05) is 39.3 Å². The zero-order valence-corrected chi connectivity index (χ0v) is 17.4. The van der Waals surface area contributed by atoms with E-state index in [9.17, 15) is 0 Å². The average molecular weight is 334 g/mol. The van der Waals surface area contributed by atoms with Crippen molar-refractivity contribution in [3.8, 4) is 0 Å². The average Bonchev–Trinajstić information content (AvgIpc) is 2.38. The molecule has 0 aliphatic carbocycles. The molecule has 0 radical (unpaired) electrons. The molecule has 0 unspecified atom stereocenters. The molecule has 0 aromatic carbocycles. The second kappa shape index (κ2) is 10.0. The summed E-state index contributed by atoms with van der Waals surface area (Å²) in [6.45, 7) is 5.41. The lowest BCUT2D eigenvalue weighted by atomic mass is 9.83. The molecule has 0 saturated carbocycles. The van der Waals surface area contributed by atoms with E-state index in [0.717, 1.165) is 38.1 Å². The first-order valence-corrected chi connectivity index (χ1v) is 10.4. The fourth-order valence-corrected chi connectivity index (χ4v) is 6.03. The highest BCUT2D eigenvalue weighted by Crippen LogP contribution is 2.32. The Morgan fingerprint density at radius 1 is 0.773 bits per heavy atom. The van der Waals surface area contributed by atoms with Gasteiger partial charge in [-0.2, -0.15) is 0 Å². The van der Waals surface area contributed by atoms with Gasteiger partial charge in [0.1, 0.15) is 0 Å². The van der Waals surface area contributed by atoms with Crippen LogP contribution in [0.2, 0.25) is 12.1 Å². The Bertz CT molecular complexity index is 260. The third-order valence-electron chi connectivity index (χ3n) is 4.27. The minimum atomic E-state index is -2.04. The van der Waals surface area contributed by atoms with Crippen LogP contribution in [0.25, 0.3) is 0 Å². The monoisotopic (exact) mass is 333 g/mol. The lowest BCUT2D eigenvalue weighted by Crippen LogP contribution is -2.50. The van der Waals surface area contributed by atoms with Gasteiger partial charge in [-0.05, 0) is 60.8 Å². The second-order valence-electron chi connectivity index (χ2n) is 7.39. The van der Waals surface area contributed by atoms with Gasteiger partial charge < -0.3 is 23.6 Å². The van der Waals surface area contributed by atoms with Crippen LogP contribution in [0.1, 0.15) is 13.3 Å². The van der Waals surface area contributed by atoms with Crippen LogP contribution < -0.4 is 0 Å². The summed E-state index contributed by atoms with van der Waals surface area (Å²) in [4.78, 5) is 6.92. The largest absolute Gasteiger partial charge is 0.398 e. The molecule has 0 aromatic heterocycles. The maximum absolute atomic E-state index is 5.82. The fraction of sp³-hybridized carbons (Fsp3) is 1.00. The third kappa shape index (κ3) is 7.52. The molecule has 0 saturated heterocycles. The van der Waals surface area contributed by atoms with Gasteiger partial charge in [0.2, 0.25) is 0 Å². The molecular formula is C16H39N3O2Si. The van der Waals surface area contributed by atoms with Crippen molar-refractivity contribution in [2.75, 3.05) is 76.1 Å². The van der Waals surface area contributed by atoms with Crippen LogP contribution in [0.15, 0.2) is 0 Å². The SMILES string of the molecule is CC[Si](CCC(CN(C)C)(CN(C)C)CN(C)C)(OC)OC. The smallest absolute Gasteiger partial charge is 0.337 e. The van der Waals surface area contributed by atoms with Crippen molar-refractivity contribution in [2.45, 2.75) is 25.4 Å². The molecule has 0 aliphatic rings. The van der Waals surface area contributed by atoms with Gasteiger partial charge in [-0.25, -0.2) is 0 Å².